The molecule has 82 valence electrons. The van der Waals surface area contributed by atoms with Crippen molar-refractivity contribution in [1.29, 1.82) is 0 Å². The smallest absolute Gasteiger partial charge is 0.339 e. The third-order valence-electron chi connectivity index (χ3n) is 2.29. The third kappa shape index (κ3) is 1.67. The number of carboxylic acid groups (broad SMARTS) is 1. The minimum atomic E-state index is -1.03. The lowest BCUT2D eigenvalue weighted by atomic mass is 10.2. The van der Waals surface area contributed by atoms with Crippen LogP contribution in [0.1, 0.15) is 16.1 Å². The molecule has 0 saturated heterocycles. The molecule has 2 heterocycles. The Hall–Kier alpha value is -1.81. The minimum Gasteiger partial charge on any atom is -0.478 e. The summed E-state index contributed by atoms with van der Waals surface area (Å²) < 4.78 is 0. The maximum Gasteiger partial charge on any atom is 0.339 e. The van der Waals surface area contributed by atoms with Crippen molar-refractivity contribution in [1.82, 2.24) is 9.97 Å². The quantitative estimate of drug-likeness (QED) is 0.843. The molecule has 2 rings (SSSR count). The summed E-state index contributed by atoms with van der Waals surface area (Å²) in [6.07, 6.45) is 3.27. The molecule has 0 fully saturated rings. The highest BCUT2D eigenvalue weighted by molar-refractivity contribution is 6.36. The van der Waals surface area contributed by atoms with Crippen molar-refractivity contribution in [3.8, 4) is 11.3 Å². The van der Waals surface area contributed by atoms with E-state index in [1.165, 1.54) is 0 Å². The highest BCUT2D eigenvalue weighted by Crippen LogP contribution is 2.31. The maximum atomic E-state index is 11.0. The van der Waals surface area contributed by atoms with Gasteiger partial charge in [0.25, 0.3) is 0 Å². The van der Waals surface area contributed by atoms with Gasteiger partial charge in [-0.3, -0.25) is 4.98 Å². The molecule has 0 saturated carbocycles. The zero-order valence-corrected chi connectivity index (χ0v) is 9.25. The van der Waals surface area contributed by atoms with Crippen LogP contribution in [0.2, 0.25) is 5.02 Å². The lowest BCUT2D eigenvalue weighted by molar-refractivity contribution is 0.0696. The van der Waals surface area contributed by atoms with Crippen LogP contribution in [0.4, 0.5) is 0 Å². The molecule has 0 aromatic carbocycles. The van der Waals surface area contributed by atoms with Gasteiger partial charge in [0.2, 0.25) is 0 Å². The number of aromatic carboxylic acids is 1. The van der Waals surface area contributed by atoms with E-state index in [-0.39, 0.29) is 10.6 Å². The Morgan fingerprint density at radius 1 is 1.56 bits per heavy atom. The zero-order valence-electron chi connectivity index (χ0n) is 8.49. The predicted octanol–water partition coefficient (Wildman–Crippen LogP) is 2.74. The average Bonchev–Trinajstić information content (AvgIpc) is 2.55. The van der Waals surface area contributed by atoms with Gasteiger partial charge in [0.15, 0.2) is 0 Å². The number of H-pyrrole nitrogens is 1. The van der Waals surface area contributed by atoms with Crippen LogP contribution in [0.3, 0.4) is 0 Å². The van der Waals surface area contributed by atoms with Gasteiger partial charge in [0.1, 0.15) is 0 Å². The molecule has 0 atom stereocenters. The van der Waals surface area contributed by atoms with Gasteiger partial charge in [-0.1, -0.05) is 11.6 Å². The Labute approximate surface area is 96.9 Å². The number of hydrogen-bond donors (Lipinski definition) is 2. The largest absolute Gasteiger partial charge is 0.478 e. The van der Waals surface area contributed by atoms with E-state index in [4.69, 9.17) is 16.7 Å². The van der Waals surface area contributed by atoms with Crippen molar-refractivity contribution in [3.05, 3.63) is 40.8 Å². The topological polar surface area (TPSA) is 66.0 Å². The molecule has 2 N–H and O–H groups in total. The molecule has 0 amide bonds. The molecule has 2 aromatic rings. The first kappa shape index (κ1) is 10.7. The van der Waals surface area contributed by atoms with E-state index in [9.17, 15) is 4.79 Å². The van der Waals surface area contributed by atoms with Crippen LogP contribution in [0.5, 0.6) is 0 Å². The highest BCUT2D eigenvalue weighted by atomic mass is 35.5. The van der Waals surface area contributed by atoms with Gasteiger partial charge in [-0.2, -0.15) is 0 Å². The van der Waals surface area contributed by atoms with Crippen molar-refractivity contribution in [2.24, 2.45) is 0 Å². The van der Waals surface area contributed by atoms with Crippen LogP contribution in [-0.4, -0.2) is 21.0 Å². The van der Waals surface area contributed by atoms with E-state index in [0.29, 0.717) is 11.4 Å². The van der Waals surface area contributed by atoms with E-state index in [2.05, 4.69) is 9.97 Å². The summed E-state index contributed by atoms with van der Waals surface area (Å²) in [5, 5.41) is 9.21. The lowest BCUT2D eigenvalue weighted by Crippen LogP contribution is -1.97. The summed E-state index contributed by atoms with van der Waals surface area (Å²) >= 11 is 6.02. The van der Waals surface area contributed by atoms with E-state index < -0.39 is 5.97 Å². The number of carboxylic acids is 1. The summed E-state index contributed by atoms with van der Waals surface area (Å²) in [5.74, 6) is -1.03. The van der Waals surface area contributed by atoms with E-state index in [1.807, 2.05) is 6.07 Å². The molecule has 4 nitrogen and oxygen atoms in total. The number of aryl methyl sites for hydroxylation is 1. The van der Waals surface area contributed by atoms with Crippen LogP contribution >= 0.6 is 11.6 Å². The molecule has 0 unspecified atom stereocenters. The van der Waals surface area contributed by atoms with Crippen LogP contribution in [-0.2, 0) is 0 Å². The lowest BCUT2D eigenvalue weighted by Gasteiger charge is -1.97. The van der Waals surface area contributed by atoms with Gasteiger partial charge in [0, 0.05) is 23.7 Å². The zero-order chi connectivity index (χ0) is 11.7. The monoisotopic (exact) mass is 236 g/mol. The number of carbonyl (C=O) groups is 1. The molecule has 16 heavy (non-hydrogen) atoms. The van der Waals surface area contributed by atoms with Gasteiger partial charge in [-0.15, -0.1) is 0 Å². The van der Waals surface area contributed by atoms with Gasteiger partial charge in [0.05, 0.1) is 16.3 Å². The van der Waals surface area contributed by atoms with Gasteiger partial charge < -0.3 is 10.1 Å². The molecule has 0 aliphatic heterocycles. The van der Waals surface area contributed by atoms with E-state index in [1.54, 1.807) is 25.4 Å². The fourth-order valence-electron chi connectivity index (χ4n) is 1.56. The number of aromatic amines is 1. The molecule has 5 heteroatoms. The summed E-state index contributed by atoms with van der Waals surface area (Å²) in [5.41, 5.74) is 2.00. The van der Waals surface area contributed by atoms with Crippen LogP contribution in [0, 0.1) is 6.92 Å². The molecule has 0 radical (unpaired) electrons. The summed E-state index contributed by atoms with van der Waals surface area (Å²) in [7, 11) is 0. The second-order valence-electron chi connectivity index (χ2n) is 3.36. The number of halogens is 1. The fraction of sp³-hybridized carbons (Fsp3) is 0.0909. The number of nitrogens with zero attached hydrogens (tertiary/aromatic N) is 1. The van der Waals surface area contributed by atoms with Gasteiger partial charge >= 0.3 is 5.97 Å². The molecule has 2 aromatic heterocycles. The third-order valence-corrected chi connectivity index (χ3v) is 2.67. The van der Waals surface area contributed by atoms with Gasteiger partial charge in [-0.25, -0.2) is 4.79 Å². The van der Waals surface area contributed by atoms with Crippen LogP contribution in [0.25, 0.3) is 11.3 Å². The van der Waals surface area contributed by atoms with Crippen molar-refractivity contribution in [3.63, 3.8) is 0 Å². The SMILES string of the molecule is Cc1[nH]c(-c2cccnc2)c(Cl)c1C(=O)O. The average molecular weight is 237 g/mol. The Morgan fingerprint density at radius 2 is 2.31 bits per heavy atom. The second-order valence-corrected chi connectivity index (χ2v) is 3.74. The number of rotatable bonds is 2. The number of nitrogens with one attached hydrogen (secondary N) is 1. The standard InChI is InChI=1S/C11H9ClN2O2/c1-6-8(11(15)16)9(12)10(14-6)7-3-2-4-13-5-7/h2-5,14H,1H3,(H,15,16). The normalized spacial score (nSPS) is 10.4. The van der Waals surface area contributed by atoms with E-state index >= 15 is 0 Å². The summed E-state index contributed by atoms with van der Waals surface area (Å²) in [6, 6.07) is 3.58. The van der Waals surface area contributed by atoms with Crippen molar-refractivity contribution in [2.75, 3.05) is 0 Å². The second kappa shape index (κ2) is 3.98. The molecule has 0 spiro atoms. The Balaban J connectivity index is 2.61. The molecular formula is C11H9ClN2O2. The molecule has 0 aliphatic rings. The first-order valence-corrected chi connectivity index (χ1v) is 5.01. The number of hydrogen-bond acceptors (Lipinski definition) is 2. The van der Waals surface area contributed by atoms with Gasteiger partial charge in [-0.05, 0) is 19.1 Å². The minimum absolute atomic E-state index is 0.112. The van der Waals surface area contributed by atoms with Crippen molar-refractivity contribution in [2.45, 2.75) is 6.92 Å². The Kier molecular flexibility index (Phi) is 2.66. The van der Waals surface area contributed by atoms with Crippen molar-refractivity contribution >= 4 is 17.6 Å². The van der Waals surface area contributed by atoms with Crippen molar-refractivity contribution < 1.29 is 9.90 Å². The highest BCUT2D eigenvalue weighted by Gasteiger charge is 2.19. The van der Waals surface area contributed by atoms with E-state index in [0.717, 1.165) is 5.56 Å². The van der Waals surface area contributed by atoms with Crippen LogP contribution < -0.4 is 0 Å². The molecule has 0 bridgehead atoms. The van der Waals surface area contributed by atoms with Crippen LogP contribution in [0.15, 0.2) is 24.5 Å². The first-order chi connectivity index (χ1) is 7.61. The first-order valence-electron chi connectivity index (χ1n) is 4.63. The summed E-state index contributed by atoms with van der Waals surface area (Å²) in [6.45, 7) is 1.68. The summed E-state index contributed by atoms with van der Waals surface area (Å²) in [4.78, 5) is 17.9. The number of aromatic nitrogens is 2. The molecular weight excluding hydrogens is 228 g/mol. The Bertz CT molecular complexity index is 534. The Morgan fingerprint density at radius 3 is 2.81 bits per heavy atom. The predicted molar refractivity (Wildman–Crippen MR) is 60.7 cm³/mol. The number of pyridine rings is 1. The maximum absolute atomic E-state index is 11.0. The fourth-order valence-corrected chi connectivity index (χ4v) is 1.94. The molecule has 0 aliphatic carbocycles.